The number of benzene rings is 4. The van der Waals surface area contributed by atoms with Crippen LogP contribution in [0.25, 0.3) is 11.1 Å². The van der Waals surface area contributed by atoms with Crippen molar-refractivity contribution < 1.29 is 0 Å². The molecule has 0 fully saturated rings. The maximum Gasteiger partial charge on any atom is 0.0429 e. The standard InChI is InChI=1S/C34H40N2/c1-7-35(33-19-9-25(3)21-27(33)5)23-29-11-15-31(16-12-29)32-17-13-30(14-18-32)24-36(8-2)34-20-10-26(4)22-28(34)6/h9-22H,7-8,23-24H2,1-6H3. The minimum atomic E-state index is 0.922. The minimum Gasteiger partial charge on any atom is -0.367 e. The molecule has 0 unspecified atom stereocenters. The van der Waals surface area contributed by atoms with Gasteiger partial charge >= 0.3 is 0 Å². The molecule has 0 aliphatic heterocycles. The highest BCUT2D eigenvalue weighted by Crippen LogP contribution is 2.26. The zero-order valence-electron chi connectivity index (χ0n) is 22.8. The molecule has 0 spiro atoms. The van der Waals surface area contributed by atoms with Crippen LogP contribution in [0, 0.1) is 27.7 Å². The maximum absolute atomic E-state index is 2.45. The molecule has 0 saturated carbocycles. The van der Waals surface area contributed by atoms with E-state index in [0.717, 1.165) is 26.2 Å². The van der Waals surface area contributed by atoms with Gasteiger partial charge in [0.1, 0.15) is 0 Å². The Bertz CT molecular complexity index is 1180. The number of rotatable bonds is 9. The summed E-state index contributed by atoms with van der Waals surface area (Å²) in [4.78, 5) is 4.90. The van der Waals surface area contributed by atoms with Crippen LogP contribution in [-0.2, 0) is 13.1 Å². The predicted octanol–water partition coefficient (Wildman–Crippen LogP) is 8.64. The van der Waals surface area contributed by atoms with Crippen molar-refractivity contribution >= 4 is 11.4 Å². The molecule has 0 aliphatic carbocycles. The van der Waals surface area contributed by atoms with Gasteiger partial charge in [0.15, 0.2) is 0 Å². The first-order valence-electron chi connectivity index (χ1n) is 13.2. The first-order valence-corrected chi connectivity index (χ1v) is 13.2. The van der Waals surface area contributed by atoms with E-state index in [2.05, 4.69) is 136 Å². The number of hydrogen-bond acceptors (Lipinski definition) is 2. The lowest BCUT2D eigenvalue weighted by molar-refractivity contribution is 0.827. The summed E-state index contributed by atoms with van der Waals surface area (Å²) in [6.45, 7) is 17.0. The molecule has 4 rings (SSSR count). The number of nitrogens with zero attached hydrogens (tertiary/aromatic N) is 2. The lowest BCUT2D eigenvalue weighted by Gasteiger charge is -2.26. The average Bonchev–Trinajstić information content (AvgIpc) is 2.87. The molecule has 0 atom stereocenters. The van der Waals surface area contributed by atoms with Crippen molar-refractivity contribution in [2.24, 2.45) is 0 Å². The molecule has 0 saturated heterocycles. The normalized spacial score (nSPS) is 10.9. The molecule has 0 aliphatic rings. The highest BCUT2D eigenvalue weighted by Gasteiger charge is 2.10. The lowest BCUT2D eigenvalue weighted by Crippen LogP contribution is -2.22. The third-order valence-electron chi connectivity index (χ3n) is 7.14. The van der Waals surface area contributed by atoms with Gasteiger partial charge in [-0.25, -0.2) is 0 Å². The van der Waals surface area contributed by atoms with Crippen LogP contribution in [0.15, 0.2) is 84.9 Å². The summed E-state index contributed by atoms with van der Waals surface area (Å²) in [6, 6.07) is 31.6. The average molecular weight is 477 g/mol. The summed E-state index contributed by atoms with van der Waals surface area (Å²) in [5.41, 5.74) is 13.2. The van der Waals surface area contributed by atoms with E-state index in [9.17, 15) is 0 Å². The van der Waals surface area contributed by atoms with Gasteiger partial charge in [0.2, 0.25) is 0 Å². The molecule has 0 bridgehead atoms. The van der Waals surface area contributed by atoms with Crippen molar-refractivity contribution in [1.29, 1.82) is 0 Å². The van der Waals surface area contributed by atoms with Crippen LogP contribution in [0.1, 0.15) is 47.2 Å². The molecule has 0 radical (unpaired) electrons. The van der Waals surface area contributed by atoms with Gasteiger partial charge in [-0.15, -0.1) is 0 Å². The minimum absolute atomic E-state index is 0.922. The molecular formula is C34H40N2. The Morgan fingerprint density at radius 2 is 0.833 bits per heavy atom. The lowest BCUT2D eigenvalue weighted by atomic mass is 10.0. The first kappa shape index (κ1) is 25.6. The van der Waals surface area contributed by atoms with Gasteiger partial charge in [-0.3, -0.25) is 0 Å². The van der Waals surface area contributed by atoms with Crippen LogP contribution in [0.3, 0.4) is 0 Å². The van der Waals surface area contributed by atoms with Crippen LogP contribution in [0.5, 0.6) is 0 Å². The summed E-state index contributed by atoms with van der Waals surface area (Å²) in [6.07, 6.45) is 0. The molecule has 0 amide bonds. The van der Waals surface area contributed by atoms with E-state index in [1.54, 1.807) is 0 Å². The monoisotopic (exact) mass is 476 g/mol. The van der Waals surface area contributed by atoms with Crippen molar-refractivity contribution in [3.8, 4) is 11.1 Å². The molecule has 4 aromatic carbocycles. The van der Waals surface area contributed by atoms with Crippen molar-refractivity contribution in [3.63, 3.8) is 0 Å². The van der Waals surface area contributed by atoms with Crippen molar-refractivity contribution in [2.45, 2.75) is 54.6 Å². The van der Waals surface area contributed by atoms with E-state index in [1.807, 2.05) is 0 Å². The fraction of sp³-hybridized carbons (Fsp3) is 0.294. The van der Waals surface area contributed by atoms with Crippen LogP contribution >= 0.6 is 0 Å². The van der Waals surface area contributed by atoms with Gasteiger partial charge in [0.25, 0.3) is 0 Å². The van der Waals surface area contributed by atoms with E-state index >= 15 is 0 Å². The van der Waals surface area contributed by atoms with Gasteiger partial charge < -0.3 is 9.80 Å². The third-order valence-corrected chi connectivity index (χ3v) is 7.14. The van der Waals surface area contributed by atoms with E-state index in [0.29, 0.717) is 0 Å². The summed E-state index contributed by atoms with van der Waals surface area (Å²) >= 11 is 0. The highest BCUT2D eigenvalue weighted by atomic mass is 15.1. The fourth-order valence-electron chi connectivity index (χ4n) is 5.10. The Labute approximate surface area is 218 Å². The molecule has 0 N–H and O–H groups in total. The van der Waals surface area contributed by atoms with Crippen LogP contribution in [0.2, 0.25) is 0 Å². The van der Waals surface area contributed by atoms with Crippen LogP contribution in [0.4, 0.5) is 11.4 Å². The van der Waals surface area contributed by atoms with Crippen molar-refractivity contribution in [2.75, 3.05) is 22.9 Å². The Balaban J connectivity index is 1.44. The predicted molar refractivity (Wildman–Crippen MR) is 157 cm³/mol. The zero-order valence-corrected chi connectivity index (χ0v) is 22.8. The second-order valence-corrected chi connectivity index (χ2v) is 10.0. The van der Waals surface area contributed by atoms with Gasteiger partial charge in [0.05, 0.1) is 0 Å². The fourth-order valence-corrected chi connectivity index (χ4v) is 5.10. The molecule has 186 valence electrons. The summed E-state index contributed by atoms with van der Waals surface area (Å²) in [5.74, 6) is 0. The molecule has 2 nitrogen and oxygen atoms in total. The molecular weight excluding hydrogens is 436 g/mol. The molecule has 4 aromatic rings. The molecule has 0 heterocycles. The van der Waals surface area contributed by atoms with Crippen molar-refractivity contribution in [3.05, 3.63) is 118 Å². The Hall–Kier alpha value is -3.52. The zero-order chi connectivity index (χ0) is 25.7. The van der Waals surface area contributed by atoms with Gasteiger partial charge in [-0.1, -0.05) is 83.9 Å². The molecule has 0 aromatic heterocycles. The topological polar surface area (TPSA) is 6.48 Å². The molecule has 2 heteroatoms. The quantitative estimate of drug-likeness (QED) is 0.238. The van der Waals surface area contributed by atoms with Gasteiger partial charge in [-0.05, 0) is 87.1 Å². The highest BCUT2D eigenvalue weighted by molar-refractivity contribution is 5.64. The largest absolute Gasteiger partial charge is 0.367 e. The molecule has 36 heavy (non-hydrogen) atoms. The Morgan fingerprint density at radius 1 is 0.472 bits per heavy atom. The summed E-state index contributed by atoms with van der Waals surface area (Å²) < 4.78 is 0. The Kier molecular flexibility index (Phi) is 8.15. The van der Waals surface area contributed by atoms with E-state index in [-0.39, 0.29) is 0 Å². The van der Waals surface area contributed by atoms with Crippen LogP contribution < -0.4 is 9.80 Å². The van der Waals surface area contributed by atoms with E-state index < -0.39 is 0 Å². The number of hydrogen-bond donors (Lipinski definition) is 0. The van der Waals surface area contributed by atoms with Gasteiger partial charge in [0, 0.05) is 37.6 Å². The van der Waals surface area contributed by atoms with E-state index in [1.165, 1.54) is 55.9 Å². The second kappa shape index (κ2) is 11.5. The maximum atomic E-state index is 2.45. The van der Waals surface area contributed by atoms with E-state index in [4.69, 9.17) is 0 Å². The smallest absolute Gasteiger partial charge is 0.0429 e. The number of anilines is 2. The van der Waals surface area contributed by atoms with Crippen LogP contribution in [-0.4, -0.2) is 13.1 Å². The van der Waals surface area contributed by atoms with Gasteiger partial charge in [-0.2, -0.15) is 0 Å². The second-order valence-electron chi connectivity index (χ2n) is 10.0. The summed E-state index contributed by atoms with van der Waals surface area (Å²) in [5, 5.41) is 0. The summed E-state index contributed by atoms with van der Waals surface area (Å²) in [7, 11) is 0. The number of aryl methyl sites for hydroxylation is 4. The van der Waals surface area contributed by atoms with Crippen molar-refractivity contribution in [1.82, 2.24) is 0 Å². The SMILES string of the molecule is CCN(Cc1ccc(-c2ccc(CN(CC)c3ccc(C)cc3C)cc2)cc1)c1ccc(C)cc1C. The third kappa shape index (κ3) is 5.99. The first-order chi connectivity index (χ1) is 17.4. The Morgan fingerprint density at radius 3 is 1.14 bits per heavy atom.